The molecule has 1 atom stereocenters. The summed E-state index contributed by atoms with van der Waals surface area (Å²) in [6.07, 6.45) is 7.32. The lowest BCUT2D eigenvalue weighted by Gasteiger charge is -2.38. The van der Waals surface area contributed by atoms with Crippen LogP contribution in [-0.4, -0.2) is 50.8 Å². The number of hydrogen-bond donors (Lipinski definition) is 0. The highest BCUT2D eigenvalue weighted by Crippen LogP contribution is 2.39. The second-order valence-corrected chi connectivity index (χ2v) is 9.50. The van der Waals surface area contributed by atoms with E-state index in [1.807, 2.05) is 17.0 Å². The highest BCUT2D eigenvalue weighted by molar-refractivity contribution is 5.89. The van der Waals surface area contributed by atoms with Gasteiger partial charge in [-0.2, -0.15) is 0 Å². The summed E-state index contributed by atoms with van der Waals surface area (Å²) >= 11 is 0. The van der Waals surface area contributed by atoms with Crippen molar-refractivity contribution in [2.75, 3.05) is 34.0 Å². The minimum atomic E-state index is -0.356. The molecule has 1 aliphatic carbocycles. The van der Waals surface area contributed by atoms with Crippen molar-refractivity contribution >= 4 is 11.9 Å². The number of fused-ring (bicyclic) bond motifs is 1. The van der Waals surface area contributed by atoms with Crippen LogP contribution in [0.5, 0.6) is 17.2 Å². The van der Waals surface area contributed by atoms with Gasteiger partial charge in [0.2, 0.25) is 5.91 Å². The number of esters is 1. The number of amides is 1. The van der Waals surface area contributed by atoms with E-state index >= 15 is 0 Å². The molecule has 194 valence electrons. The fraction of sp³-hybridized carbons (Fsp3) is 0.517. The first kappa shape index (κ1) is 25.9. The maximum Gasteiger partial charge on any atom is 0.338 e. The number of rotatable bonds is 10. The third-order valence-electron chi connectivity index (χ3n) is 7.34. The lowest BCUT2D eigenvalue weighted by Crippen LogP contribution is -2.42. The minimum Gasteiger partial charge on any atom is -0.493 e. The molecule has 4 rings (SSSR count). The summed E-state index contributed by atoms with van der Waals surface area (Å²) in [5.74, 6) is 2.45. The Morgan fingerprint density at radius 3 is 2.36 bits per heavy atom. The molecule has 0 aromatic heterocycles. The molecule has 0 bridgehead atoms. The number of methoxy groups -OCH3 is 2. The Labute approximate surface area is 213 Å². The zero-order valence-electron chi connectivity index (χ0n) is 21.6. The summed E-state index contributed by atoms with van der Waals surface area (Å²) in [6.45, 7) is 3.05. The molecule has 1 saturated carbocycles. The van der Waals surface area contributed by atoms with E-state index in [1.54, 1.807) is 45.4 Å². The number of benzene rings is 2. The number of ether oxygens (including phenoxy) is 4. The van der Waals surface area contributed by atoms with Gasteiger partial charge in [0.1, 0.15) is 12.4 Å². The Balaban J connectivity index is 1.53. The molecular formula is C29H37NO6. The van der Waals surface area contributed by atoms with Gasteiger partial charge in [0.15, 0.2) is 11.5 Å². The number of carbonyl (C=O) groups excluding carboxylic acids is 2. The van der Waals surface area contributed by atoms with E-state index in [0.717, 1.165) is 24.0 Å². The normalized spacial score (nSPS) is 17.4. The quantitative estimate of drug-likeness (QED) is 0.414. The summed E-state index contributed by atoms with van der Waals surface area (Å²) in [4.78, 5) is 27.3. The Bertz CT molecular complexity index is 1040. The maximum absolute atomic E-state index is 13.4. The lowest BCUT2D eigenvalue weighted by atomic mass is 9.91. The van der Waals surface area contributed by atoms with E-state index in [0.29, 0.717) is 54.9 Å². The zero-order chi connectivity index (χ0) is 25.5. The molecule has 0 saturated heterocycles. The highest BCUT2D eigenvalue weighted by Gasteiger charge is 2.33. The van der Waals surface area contributed by atoms with Gasteiger partial charge < -0.3 is 23.8 Å². The van der Waals surface area contributed by atoms with Gasteiger partial charge in [-0.3, -0.25) is 4.79 Å². The highest BCUT2D eigenvalue weighted by atomic mass is 16.5. The van der Waals surface area contributed by atoms with Crippen LogP contribution < -0.4 is 14.2 Å². The largest absolute Gasteiger partial charge is 0.493 e. The first-order valence-corrected chi connectivity index (χ1v) is 13.0. The Hall–Kier alpha value is -3.22. The van der Waals surface area contributed by atoms with Crippen molar-refractivity contribution in [3.63, 3.8) is 0 Å². The molecular weight excluding hydrogens is 458 g/mol. The summed E-state index contributed by atoms with van der Waals surface area (Å²) in [5.41, 5.74) is 2.64. The molecule has 0 N–H and O–H groups in total. The number of nitrogens with zero attached hydrogens (tertiary/aromatic N) is 1. The summed E-state index contributed by atoms with van der Waals surface area (Å²) < 4.78 is 22.3. The molecule has 1 fully saturated rings. The predicted molar refractivity (Wildman–Crippen MR) is 137 cm³/mol. The van der Waals surface area contributed by atoms with Crippen LogP contribution in [0.2, 0.25) is 0 Å². The second kappa shape index (κ2) is 12.2. The van der Waals surface area contributed by atoms with Gasteiger partial charge in [0, 0.05) is 13.0 Å². The molecule has 1 unspecified atom stereocenters. The number of hydrogen-bond acceptors (Lipinski definition) is 6. The average molecular weight is 496 g/mol. The van der Waals surface area contributed by atoms with Crippen LogP contribution in [0.15, 0.2) is 36.4 Å². The fourth-order valence-electron chi connectivity index (χ4n) is 5.35. The van der Waals surface area contributed by atoms with E-state index < -0.39 is 0 Å². The first-order chi connectivity index (χ1) is 17.5. The van der Waals surface area contributed by atoms with Crippen LogP contribution in [-0.2, 0) is 16.0 Å². The minimum absolute atomic E-state index is 0.175. The van der Waals surface area contributed by atoms with Gasteiger partial charge in [-0.05, 0) is 73.2 Å². The van der Waals surface area contributed by atoms with Crippen LogP contribution in [0.4, 0.5) is 0 Å². The second-order valence-electron chi connectivity index (χ2n) is 9.50. The molecule has 2 aromatic carbocycles. The monoisotopic (exact) mass is 495 g/mol. The standard InChI is InChI=1S/C29H37NO6/c1-4-35-29(32)21-10-12-23(13-11-21)36-19-25-24-18-27(34-3)26(33-2)17-22(24)15-16-30(25)28(31)14-9-20-7-5-6-8-20/h10-13,17-18,20,25H,4-9,14-16,19H2,1-3H3. The first-order valence-electron chi connectivity index (χ1n) is 13.0. The van der Waals surface area contributed by atoms with Crippen molar-refractivity contribution in [3.05, 3.63) is 53.1 Å². The lowest BCUT2D eigenvalue weighted by molar-refractivity contribution is -0.135. The van der Waals surface area contributed by atoms with Gasteiger partial charge >= 0.3 is 5.97 Å². The Morgan fingerprint density at radius 1 is 1.00 bits per heavy atom. The summed E-state index contributed by atoms with van der Waals surface area (Å²) in [5, 5.41) is 0. The molecule has 2 aliphatic rings. The van der Waals surface area contributed by atoms with E-state index in [2.05, 4.69) is 0 Å². The molecule has 1 aliphatic heterocycles. The van der Waals surface area contributed by atoms with Crippen molar-refractivity contribution in [2.45, 2.75) is 57.9 Å². The van der Waals surface area contributed by atoms with Crippen molar-refractivity contribution in [2.24, 2.45) is 5.92 Å². The molecule has 2 aromatic rings. The van der Waals surface area contributed by atoms with Gasteiger partial charge in [-0.25, -0.2) is 4.79 Å². The van der Waals surface area contributed by atoms with E-state index in [-0.39, 0.29) is 17.9 Å². The molecule has 0 radical (unpaired) electrons. The summed E-state index contributed by atoms with van der Waals surface area (Å²) in [6, 6.07) is 10.7. The van der Waals surface area contributed by atoms with Crippen molar-refractivity contribution in [1.29, 1.82) is 0 Å². The molecule has 7 heteroatoms. The zero-order valence-corrected chi connectivity index (χ0v) is 21.6. The fourth-order valence-corrected chi connectivity index (χ4v) is 5.35. The van der Waals surface area contributed by atoms with Gasteiger partial charge in [-0.15, -0.1) is 0 Å². The molecule has 7 nitrogen and oxygen atoms in total. The van der Waals surface area contributed by atoms with Gasteiger partial charge in [0.25, 0.3) is 0 Å². The van der Waals surface area contributed by atoms with Crippen LogP contribution >= 0.6 is 0 Å². The van der Waals surface area contributed by atoms with E-state index in [1.165, 1.54) is 25.7 Å². The van der Waals surface area contributed by atoms with Crippen LogP contribution in [0.3, 0.4) is 0 Å². The predicted octanol–water partition coefficient (Wildman–Crippen LogP) is 5.36. The molecule has 1 amide bonds. The Morgan fingerprint density at radius 2 is 1.69 bits per heavy atom. The third-order valence-corrected chi connectivity index (χ3v) is 7.34. The van der Waals surface area contributed by atoms with Gasteiger partial charge in [-0.1, -0.05) is 25.7 Å². The maximum atomic E-state index is 13.4. The molecule has 0 spiro atoms. The molecule has 1 heterocycles. The van der Waals surface area contributed by atoms with E-state index in [4.69, 9.17) is 18.9 Å². The Kier molecular flexibility index (Phi) is 8.73. The van der Waals surface area contributed by atoms with E-state index in [9.17, 15) is 9.59 Å². The smallest absolute Gasteiger partial charge is 0.338 e. The van der Waals surface area contributed by atoms with Crippen LogP contribution in [0.25, 0.3) is 0 Å². The van der Waals surface area contributed by atoms with Crippen molar-refractivity contribution in [1.82, 2.24) is 4.90 Å². The van der Waals surface area contributed by atoms with Gasteiger partial charge in [0.05, 0.1) is 32.4 Å². The van der Waals surface area contributed by atoms with Crippen molar-refractivity contribution < 1.29 is 28.5 Å². The van der Waals surface area contributed by atoms with Crippen LogP contribution in [0.1, 0.15) is 73.0 Å². The molecule has 36 heavy (non-hydrogen) atoms. The van der Waals surface area contributed by atoms with Crippen LogP contribution in [0, 0.1) is 5.92 Å². The summed E-state index contributed by atoms with van der Waals surface area (Å²) in [7, 11) is 3.25. The van der Waals surface area contributed by atoms with Crippen molar-refractivity contribution in [3.8, 4) is 17.2 Å². The SMILES string of the molecule is CCOC(=O)c1ccc(OCC2c3cc(OC)c(OC)cc3CCN2C(=O)CCC2CCCC2)cc1. The number of carbonyl (C=O) groups is 2. The topological polar surface area (TPSA) is 74.3 Å². The average Bonchev–Trinajstić information content (AvgIpc) is 3.43. The third kappa shape index (κ3) is 5.94.